The van der Waals surface area contributed by atoms with E-state index in [0.29, 0.717) is 44.5 Å². The first-order chi connectivity index (χ1) is 15.4. The van der Waals surface area contributed by atoms with Crippen LogP contribution in [0.5, 0.6) is 17.2 Å². The number of rotatable bonds is 8. The van der Waals surface area contributed by atoms with Crippen molar-refractivity contribution in [2.75, 3.05) is 14.2 Å². The molecule has 3 aromatic rings. The highest BCUT2D eigenvalue weighted by molar-refractivity contribution is 9.10. The molecule has 1 amide bonds. The monoisotopic (exact) mass is 580 g/mol. The molecule has 0 spiro atoms. The molecule has 0 fully saturated rings. The van der Waals surface area contributed by atoms with E-state index in [2.05, 4.69) is 42.4 Å². The van der Waals surface area contributed by atoms with Crippen LogP contribution in [0.25, 0.3) is 0 Å². The number of carbonyl (C=O) groups is 1. The van der Waals surface area contributed by atoms with E-state index in [-0.39, 0.29) is 0 Å². The van der Waals surface area contributed by atoms with Crippen LogP contribution in [0.4, 0.5) is 0 Å². The Bertz CT molecular complexity index is 1140. The number of amides is 1. The molecule has 6 nitrogen and oxygen atoms in total. The molecule has 0 unspecified atom stereocenters. The number of hydrogen-bond donors (Lipinski definition) is 1. The zero-order valence-corrected chi connectivity index (χ0v) is 21.1. The van der Waals surface area contributed by atoms with Crippen LogP contribution >= 0.6 is 43.5 Å². The maximum absolute atomic E-state index is 12.5. The number of nitrogens with zero attached hydrogens (tertiary/aromatic N) is 1. The number of ether oxygens (including phenoxy) is 3. The Hall–Kier alpha value is -2.55. The van der Waals surface area contributed by atoms with E-state index >= 15 is 0 Å². The summed E-state index contributed by atoms with van der Waals surface area (Å²) >= 11 is 12.8. The van der Waals surface area contributed by atoms with E-state index in [1.807, 2.05) is 30.3 Å². The number of hydrogen-bond acceptors (Lipinski definition) is 5. The van der Waals surface area contributed by atoms with Gasteiger partial charge >= 0.3 is 0 Å². The van der Waals surface area contributed by atoms with Crippen LogP contribution in [0.15, 0.2) is 68.6 Å². The summed E-state index contributed by atoms with van der Waals surface area (Å²) in [5.41, 5.74) is 4.54. The molecule has 0 aliphatic heterocycles. The molecule has 0 radical (unpaired) electrons. The van der Waals surface area contributed by atoms with Crippen LogP contribution in [-0.4, -0.2) is 26.3 Å². The lowest BCUT2D eigenvalue weighted by Crippen LogP contribution is -2.18. The highest BCUT2D eigenvalue weighted by Gasteiger charge is 2.13. The van der Waals surface area contributed by atoms with Crippen LogP contribution < -0.4 is 19.6 Å². The van der Waals surface area contributed by atoms with Gasteiger partial charge in [0.05, 0.1) is 30.5 Å². The maximum Gasteiger partial charge on any atom is 0.275 e. The zero-order chi connectivity index (χ0) is 23.1. The first kappa shape index (κ1) is 24.1. The second-order valence-corrected chi connectivity index (χ2v) is 8.70. The highest BCUT2D eigenvalue weighted by atomic mass is 79.9. The van der Waals surface area contributed by atoms with E-state index in [0.717, 1.165) is 10.0 Å². The summed E-state index contributed by atoms with van der Waals surface area (Å²) in [5, 5.41) is 4.71. The lowest BCUT2D eigenvalue weighted by molar-refractivity contribution is 0.0952. The van der Waals surface area contributed by atoms with Gasteiger partial charge in [0.15, 0.2) is 11.5 Å². The summed E-state index contributed by atoms with van der Waals surface area (Å²) in [4.78, 5) is 12.5. The summed E-state index contributed by atoms with van der Waals surface area (Å²) < 4.78 is 18.1. The minimum atomic E-state index is -0.395. The third kappa shape index (κ3) is 6.25. The van der Waals surface area contributed by atoms with Crippen molar-refractivity contribution in [3.8, 4) is 17.2 Å². The fourth-order valence-corrected chi connectivity index (χ4v) is 3.84. The molecule has 0 bridgehead atoms. The van der Waals surface area contributed by atoms with Crippen LogP contribution in [0.1, 0.15) is 21.5 Å². The quantitative estimate of drug-likeness (QED) is 0.253. The Labute approximate surface area is 207 Å². The predicted octanol–water partition coefficient (Wildman–Crippen LogP) is 6.23. The van der Waals surface area contributed by atoms with Crippen molar-refractivity contribution in [1.82, 2.24) is 5.43 Å². The topological polar surface area (TPSA) is 69.2 Å². The van der Waals surface area contributed by atoms with Crippen LogP contribution in [0.2, 0.25) is 5.02 Å². The van der Waals surface area contributed by atoms with Gasteiger partial charge in [-0.3, -0.25) is 4.79 Å². The normalized spacial score (nSPS) is 10.8. The SMILES string of the molecule is COc1ccc(Br)cc1C(=O)N/N=C\c1cc(Br)c(OCc2ccc(Cl)cc2)c(OC)c1. The molecule has 0 saturated heterocycles. The number of methoxy groups -OCH3 is 2. The molecule has 0 heterocycles. The van der Waals surface area contributed by atoms with Gasteiger partial charge in [0.25, 0.3) is 5.91 Å². The Morgan fingerprint density at radius 3 is 2.44 bits per heavy atom. The number of benzene rings is 3. The van der Waals surface area contributed by atoms with Gasteiger partial charge in [-0.1, -0.05) is 39.7 Å². The summed E-state index contributed by atoms with van der Waals surface area (Å²) in [6, 6.07) is 16.1. The van der Waals surface area contributed by atoms with Crippen molar-refractivity contribution in [2.24, 2.45) is 5.10 Å². The Kier molecular flexibility index (Phi) is 8.55. The van der Waals surface area contributed by atoms with Gasteiger partial charge in [0.2, 0.25) is 0 Å². The van der Waals surface area contributed by atoms with Gasteiger partial charge in [-0.2, -0.15) is 5.10 Å². The molecule has 3 aromatic carbocycles. The Morgan fingerprint density at radius 2 is 1.75 bits per heavy atom. The second kappa shape index (κ2) is 11.4. The third-order valence-corrected chi connectivity index (χ3v) is 5.67. The zero-order valence-electron chi connectivity index (χ0n) is 17.2. The van der Waals surface area contributed by atoms with Gasteiger partial charge in [-0.25, -0.2) is 5.43 Å². The molecule has 0 atom stereocenters. The minimum absolute atomic E-state index is 0.351. The molecule has 9 heteroatoms. The molecule has 32 heavy (non-hydrogen) atoms. The molecule has 0 aromatic heterocycles. The number of halogens is 3. The Balaban J connectivity index is 1.71. The number of carbonyl (C=O) groups excluding carboxylic acids is 1. The van der Waals surface area contributed by atoms with Gasteiger partial charge in [0.1, 0.15) is 12.4 Å². The van der Waals surface area contributed by atoms with Gasteiger partial charge in [0, 0.05) is 9.50 Å². The molecular weight excluding hydrogens is 564 g/mol. The minimum Gasteiger partial charge on any atom is -0.496 e. The average molecular weight is 583 g/mol. The fraction of sp³-hybridized carbons (Fsp3) is 0.130. The van der Waals surface area contributed by atoms with Gasteiger partial charge < -0.3 is 14.2 Å². The van der Waals surface area contributed by atoms with Gasteiger partial charge in [-0.15, -0.1) is 0 Å². The van der Waals surface area contributed by atoms with Crippen molar-refractivity contribution in [2.45, 2.75) is 6.61 Å². The summed E-state index contributed by atoms with van der Waals surface area (Å²) in [6.07, 6.45) is 1.51. The summed E-state index contributed by atoms with van der Waals surface area (Å²) in [5.74, 6) is 1.14. The van der Waals surface area contributed by atoms with E-state index in [9.17, 15) is 4.79 Å². The molecule has 0 aliphatic carbocycles. The number of nitrogens with one attached hydrogen (secondary N) is 1. The Morgan fingerprint density at radius 1 is 1.03 bits per heavy atom. The molecule has 0 aliphatic rings. The molecule has 3 rings (SSSR count). The van der Waals surface area contributed by atoms with Crippen molar-refractivity contribution in [3.05, 3.63) is 85.3 Å². The summed E-state index contributed by atoms with van der Waals surface area (Å²) in [6.45, 7) is 0.351. The number of hydrazone groups is 1. The standard InChI is InChI=1S/C23H19Br2ClN2O4/c1-30-20-8-5-16(24)11-18(20)23(29)28-27-12-15-9-19(25)22(21(10-15)31-2)32-13-14-3-6-17(26)7-4-14/h3-12H,13H2,1-2H3,(H,28,29)/b27-12-. The first-order valence-electron chi connectivity index (χ1n) is 9.33. The lowest BCUT2D eigenvalue weighted by atomic mass is 10.2. The molecular formula is C23H19Br2ClN2O4. The fourth-order valence-electron chi connectivity index (χ4n) is 2.77. The van der Waals surface area contributed by atoms with Crippen LogP contribution in [0.3, 0.4) is 0 Å². The van der Waals surface area contributed by atoms with Crippen molar-refractivity contribution < 1.29 is 19.0 Å². The van der Waals surface area contributed by atoms with E-state index in [1.165, 1.54) is 13.3 Å². The van der Waals surface area contributed by atoms with Crippen molar-refractivity contribution >= 4 is 55.6 Å². The largest absolute Gasteiger partial charge is 0.496 e. The molecule has 166 valence electrons. The second-order valence-electron chi connectivity index (χ2n) is 6.49. The molecule has 0 saturated carbocycles. The smallest absolute Gasteiger partial charge is 0.275 e. The van der Waals surface area contributed by atoms with Crippen molar-refractivity contribution in [1.29, 1.82) is 0 Å². The highest BCUT2D eigenvalue weighted by Crippen LogP contribution is 2.37. The molecule has 1 N–H and O–H groups in total. The average Bonchev–Trinajstić information content (AvgIpc) is 2.79. The maximum atomic E-state index is 12.5. The van der Waals surface area contributed by atoms with E-state index < -0.39 is 5.91 Å². The van der Waals surface area contributed by atoms with Crippen LogP contribution in [-0.2, 0) is 6.61 Å². The van der Waals surface area contributed by atoms with Crippen molar-refractivity contribution in [3.63, 3.8) is 0 Å². The summed E-state index contributed by atoms with van der Waals surface area (Å²) in [7, 11) is 3.06. The van der Waals surface area contributed by atoms with E-state index in [4.69, 9.17) is 25.8 Å². The predicted molar refractivity (Wildman–Crippen MR) is 132 cm³/mol. The third-order valence-electron chi connectivity index (χ3n) is 4.33. The first-order valence-corrected chi connectivity index (χ1v) is 11.3. The lowest BCUT2D eigenvalue weighted by Gasteiger charge is -2.13. The van der Waals surface area contributed by atoms with Crippen LogP contribution in [0, 0.1) is 0 Å². The van der Waals surface area contributed by atoms with Gasteiger partial charge in [-0.05, 0) is 69.5 Å². The van der Waals surface area contributed by atoms with E-state index in [1.54, 1.807) is 31.4 Å².